The minimum Gasteiger partial charge on any atom is -0.391 e. The van der Waals surface area contributed by atoms with Gasteiger partial charge < -0.3 is 10.4 Å². The molecule has 0 bridgehead atoms. The largest absolute Gasteiger partial charge is 0.391 e. The monoisotopic (exact) mass is 171 g/mol. The van der Waals surface area contributed by atoms with E-state index in [1.165, 1.54) is 6.42 Å². The van der Waals surface area contributed by atoms with E-state index in [1.54, 1.807) is 0 Å². The summed E-state index contributed by atoms with van der Waals surface area (Å²) in [4.78, 5) is 0. The minimum absolute atomic E-state index is 0.112. The van der Waals surface area contributed by atoms with Gasteiger partial charge in [0.1, 0.15) is 0 Å². The summed E-state index contributed by atoms with van der Waals surface area (Å²) in [7, 11) is 0. The van der Waals surface area contributed by atoms with Crippen molar-refractivity contribution < 1.29 is 5.11 Å². The highest BCUT2D eigenvalue weighted by molar-refractivity contribution is 4.84. The lowest BCUT2D eigenvalue weighted by atomic mass is 9.85. The highest BCUT2D eigenvalue weighted by Gasteiger charge is 2.29. The Labute approximate surface area is 75.4 Å². The van der Waals surface area contributed by atoms with Crippen LogP contribution in [0.25, 0.3) is 0 Å². The third-order valence-electron chi connectivity index (χ3n) is 2.80. The third-order valence-corrected chi connectivity index (χ3v) is 2.80. The van der Waals surface area contributed by atoms with E-state index >= 15 is 0 Å². The van der Waals surface area contributed by atoms with Crippen LogP contribution in [0, 0.1) is 17.8 Å². The molecular formula is C10H21NO. The van der Waals surface area contributed by atoms with E-state index in [0.717, 1.165) is 19.0 Å². The van der Waals surface area contributed by atoms with Crippen LogP contribution in [-0.2, 0) is 0 Å². The van der Waals surface area contributed by atoms with Crippen molar-refractivity contribution in [2.24, 2.45) is 17.8 Å². The number of β-amino-alcohol motifs (C(OH)–C–C–N with tert-alkyl or cyclic N) is 1. The molecule has 0 saturated carbocycles. The standard InChI is InChI=1S/C10H21NO/c1-7(2)4-8(3)9-5-11-6-10(9)12/h7-12H,4-6H2,1-3H3/t8?,9-,10+/m0/s1. The minimum atomic E-state index is -0.112. The smallest absolute Gasteiger partial charge is 0.0707 e. The van der Waals surface area contributed by atoms with Crippen LogP contribution in [0.5, 0.6) is 0 Å². The van der Waals surface area contributed by atoms with Gasteiger partial charge in [-0.15, -0.1) is 0 Å². The predicted molar refractivity (Wildman–Crippen MR) is 51.0 cm³/mol. The van der Waals surface area contributed by atoms with E-state index in [2.05, 4.69) is 26.1 Å². The van der Waals surface area contributed by atoms with Gasteiger partial charge in [0.15, 0.2) is 0 Å². The van der Waals surface area contributed by atoms with Gasteiger partial charge in [0.25, 0.3) is 0 Å². The van der Waals surface area contributed by atoms with Crippen LogP contribution in [0.1, 0.15) is 27.2 Å². The van der Waals surface area contributed by atoms with Crippen LogP contribution in [-0.4, -0.2) is 24.3 Å². The normalized spacial score (nSPS) is 32.8. The van der Waals surface area contributed by atoms with Gasteiger partial charge in [-0.2, -0.15) is 0 Å². The first-order valence-electron chi connectivity index (χ1n) is 5.00. The zero-order chi connectivity index (χ0) is 9.14. The summed E-state index contributed by atoms with van der Waals surface area (Å²) in [6.45, 7) is 8.51. The molecule has 72 valence electrons. The van der Waals surface area contributed by atoms with Crippen LogP contribution >= 0.6 is 0 Å². The van der Waals surface area contributed by atoms with Crippen LogP contribution < -0.4 is 5.32 Å². The van der Waals surface area contributed by atoms with Crippen LogP contribution in [0.3, 0.4) is 0 Å². The Kier molecular flexibility index (Phi) is 3.53. The zero-order valence-corrected chi connectivity index (χ0v) is 8.38. The quantitative estimate of drug-likeness (QED) is 0.670. The van der Waals surface area contributed by atoms with E-state index in [9.17, 15) is 5.11 Å². The van der Waals surface area contributed by atoms with Gasteiger partial charge in [-0.1, -0.05) is 20.8 Å². The second-order valence-corrected chi connectivity index (χ2v) is 4.50. The maximum atomic E-state index is 9.61. The molecule has 0 aromatic carbocycles. The second kappa shape index (κ2) is 4.24. The summed E-state index contributed by atoms with van der Waals surface area (Å²) in [5, 5.41) is 12.8. The first-order chi connectivity index (χ1) is 5.61. The molecule has 1 heterocycles. The fourth-order valence-electron chi connectivity index (χ4n) is 2.18. The number of aliphatic hydroxyl groups excluding tert-OH is 1. The van der Waals surface area contributed by atoms with Gasteiger partial charge in [0, 0.05) is 19.0 Å². The molecule has 0 spiro atoms. The third kappa shape index (κ3) is 2.46. The molecule has 0 radical (unpaired) electrons. The lowest BCUT2D eigenvalue weighted by molar-refractivity contribution is 0.111. The van der Waals surface area contributed by atoms with E-state index in [-0.39, 0.29) is 6.10 Å². The summed E-state index contributed by atoms with van der Waals surface area (Å²) in [5.74, 6) is 1.87. The lowest BCUT2D eigenvalue weighted by Crippen LogP contribution is -2.25. The Hall–Kier alpha value is -0.0800. The van der Waals surface area contributed by atoms with Crippen LogP contribution in [0.2, 0.25) is 0 Å². The van der Waals surface area contributed by atoms with Gasteiger partial charge in [-0.3, -0.25) is 0 Å². The molecule has 1 aliphatic heterocycles. The Balaban J connectivity index is 2.35. The number of hydrogen-bond donors (Lipinski definition) is 2. The maximum Gasteiger partial charge on any atom is 0.0707 e. The predicted octanol–water partition coefficient (Wildman–Crippen LogP) is 1.25. The molecule has 2 heteroatoms. The topological polar surface area (TPSA) is 32.3 Å². The molecule has 1 rings (SSSR count). The number of aliphatic hydroxyl groups is 1. The summed E-state index contributed by atoms with van der Waals surface area (Å²) < 4.78 is 0. The van der Waals surface area contributed by atoms with Gasteiger partial charge in [0.05, 0.1) is 6.10 Å². The summed E-state index contributed by atoms with van der Waals surface area (Å²) >= 11 is 0. The molecule has 0 aliphatic carbocycles. The SMILES string of the molecule is CC(C)CC(C)[C@@H]1CNC[C@H]1O. The molecule has 1 saturated heterocycles. The second-order valence-electron chi connectivity index (χ2n) is 4.50. The molecule has 2 N–H and O–H groups in total. The van der Waals surface area contributed by atoms with Crippen molar-refractivity contribution in [3.63, 3.8) is 0 Å². The maximum absolute atomic E-state index is 9.61. The van der Waals surface area contributed by atoms with Crippen molar-refractivity contribution in [3.05, 3.63) is 0 Å². The van der Waals surface area contributed by atoms with Crippen molar-refractivity contribution in [2.75, 3.05) is 13.1 Å². The Morgan fingerprint density at radius 1 is 1.33 bits per heavy atom. The summed E-state index contributed by atoms with van der Waals surface area (Å²) in [6.07, 6.45) is 1.11. The number of rotatable bonds is 3. The Morgan fingerprint density at radius 3 is 2.42 bits per heavy atom. The van der Waals surface area contributed by atoms with Crippen molar-refractivity contribution in [3.8, 4) is 0 Å². The molecule has 2 nitrogen and oxygen atoms in total. The van der Waals surface area contributed by atoms with Gasteiger partial charge >= 0.3 is 0 Å². The fraction of sp³-hybridized carbons (Fsp3) is 1.00. The van der Waals surface area contributed by atoms with Crippen molar-refractivity contribution in [1.29, 1.82) is 0 Å². The molecule has 3 atom stereocenters. The van der Waals surface area contributed by atoms with Gasteiger partial charge in [-0.25, -0.2) is 0 Å². The molecule has 1 fully saturated rings. The molecule has 0 amide bonds. The summed E-state index contributed by atoms with van der Waals surface area (Å²) in [6, 6.07) is 0. The van der Waals surface area contributed by atoms with Crippen molar-refractivity contribution in [1.82, 2.24) is 5.32 Å². The lowest BCUT2D eigenvalue weighted by Gasteiger charge is -2.22. The van der Waals surface area contributed by atoms with Crippen molar-refractivity contribution in [2.45, 2.75) is 33.3 Å². The molecule has 12 heavy (non-hydrogen) atoms. The van der Waals surface area contributed by atoms with E-state index in [4.69, 9.17) is 0 Å². The number of hydrogen-bond acceptors (Lipinski definition) is 2. The first kappa shape index (κ1) is 10.0. The van der Waals surface area contributed by atoms with Gasteiger partial charge in [-0.05, 0) is 18.3 Å². The fourth-order valence-corrected chi connectivity index (χ4v) is 2.18. The molecule has 0 aromatic heterocycles. The van der Waals surface area contributed by atoms with Crippen molar-refractivity contribution >= 4 is 0 Å². The molecule has 1 unspecified atom stereocenters. The Bertz CT molecular complexity index is 136. The molecule has 0 aromatic rings. The Morgan fingerprint density at radius 2 is 2.00 bits per heavy atom. The van der Waals surface area contributed by atoms with Crippen LogP contribution in [0.4, 0.5) is 0 Å². The van der Waals surface area contributed by atoms with Crippen LogP contribution in [0.15, 0.2) is 0 Å². The number of nitrogens with one attached hydrogen (secondary N) is 1. The van der Waals surface area contributed by atoms with E-state index in [0.29, 0.717) is 11.8 Å². The van der Waals surface area contributed by atoms with E-state index < -0.39 is 0 Å². The highest BCUT2D eigenvalue weighted by atomic mass is 16.3. The average Bonchev–Trinajstić information content (AvgIpc) is 2.33. The van der Waals surface area contributed by atoms with Gasteiger partial charge in [0.2, 0.25) is 0 Å². The summed E-state index contributed by atoms with van der Waals surface area (Å²) in [5.41, 5.74) is 0. The zero-order valence-electron chi connectivity index (χ0n) is 8.38. The average molecular weight is 171 g/mol. The highest BCUT2D eigenvalue weighted by Crippen LogP contribution is 2.24. The van der Waals surface area contributed by atoms with E-state index in [1.807, 2.05) is 0 Å². The molecular weight excluding hydrogens is 150 g/mol. The molecule has 1 aliphatic rings. The first-order valence-corrected chi connectivity index (χ1v) is 5.00.